The zero-order chi connectivity index (χ0) is 13.1. The van der Waals surface area contributed by atoms with Gasteiger partial charge in [0.05, 0.1) is 0 Å². The van der Waals surface area contributed by atoms with Crippen molar-refractivity contribution in [2.45, 2.75) is 25.7 Å². The van der Waals surface area contributed by atoms with Crippen molar-refractivity contribution in [3.63, 3.8) is 0 Å². The Kier molecular flexibility index (Phi) is 3.79. The van der Waals surface area contributed by atoms with Crippen LogP contribution in [0.1, 0.15) is 31.2 Å². The van der Waals surface area contributed by atoms with E-state index in [1.165, 1.54) is 25.9 Å². The van der Waals surface area contributed by atoms with Gasteiger partial charge in [-0.25, -0.2) is 0 Å². The summed E-state index contributed by atoms with van der Waals surface area (Å²) in [6.45, 7) is 3.56. The van der Waals surface area contributed by atoms with Gasteiger partial charge >= 0.3 is 0 Å². The lowest BCUT2D eigenvalue weighted by atomic mass is 10.1. The molecule has 2 fully saturated rings. The number of nitrogens with zero attached hydrogens (tertiary/aromatic N) is 1. The molecule has 1 unspecified atom stereocenters. The number of Topliss-reactive ketones (excluding diaryl/α,β-unsaturated/α-hetero) is 1. The Hall–Kier alpha value is -1.41. The maximum absolute atomic E-state index is 12.1. The molecule has 100 valence electrons. The van der Waals surface area contributed by atoms with Crippen LogP contribution in [-0.2, 0) is 4.79 Å². The summed E-state index contributed by atoms with van der Waals surface area (Å²) in [5.74, 6) is 0.897. The molecule has 1 atom stereocenters. The molecule has 2 aliphatic rings. The number of allylic oxidation sites excluding steroid dienone is 1. The minimum atomic E-state index is 0.355. The summed E-state index contributed by atoms with van der Waals surface area (Å²) in [6, 6.07) is 10.2. The normalized spacial score (nSPS) is 26.4. The van der Waals surface area contributed by atoms with Crippen LogP contribution in [0, 0.1) is 5.92 Å². The molecule has 0 bridgehead atoms. The van der Waals surface area contributed by atoms with E-state index in [0.29, 0.717) is 11.7 Å². The Balaban J connectivity index is 1.64. The highest BCUT2D eigenvalue weighted by Gasteiger charge is 2.29. The third-order valence-electron chi connectivity index (χ3n) is 4.20. The first-order chi connectivity index (χ1) is 9.31. The fraction of sp³-hybridized carbons (Fsp3) is 0.471. The van der Waals surface area contributed by atoms with Crippen molar-refractivity contribution >= 4 is 11.9 Å². The van der Waals surface area contributed by atoms with Crippen molar-refractivity contribution in [2.24, 2.45) is 5.92 Å². The van der Waals surface area contributed by atoms with Crippen molar-refractivity contribution < 1.29 is 4.79 Å². The highest BCUT2D eigenvalue weighted by Crippen LogP contribution is 2.30. The van der Waals surface area contributed by atoms with Gasteiger partial charge in [-0.3, -0.25) is 4.79 Å². The van der Waals surface area contributed by atoms with E-state index in [1.54, 1.807) is 0 Å². The van der Waals surface area contributed by atoms with E-state index in [9.17, 15) is 4.79 Å². The van der Waals surface area contributed by atoms with Gasteiger partial charge in [0.25, 0.3) is 0 Å². The fourth-order valence-electron chi connectivity index (χ4n) is 3.24. The SMILES string of the molecule is O=C1CC(CN2CCCC2)C/C1=C/c1ccccc1. The molecule has 0 amide bonds. The quantitative estimate of drug-likeness (QED) is 0.773. The van der Waals surface area contributed by atoms with Crippen LogP contribution in [0.3, 0.4) is 0 Å². The van der Waals surface area contributed by atoms with E-state index < -0.39 is 0 Å². The number of carbonyl (C=O) groups excluding carboxylic acids is 1. The van der Waals surface area contributed by atoms with Crippen LogP contribution >= 0.6 is 0 Å². The maximum atomic E-state index is 12.1. The van der Waals surface area contributed by atoms with Gasteiger partial charge in [-0.15, -0.1) is 0 Å². The molecule has 19 heavy (non-hydrogen) atoms. The van der Waals surface area contributed by atoms with Crippen LogP contribution in [0.25, 0.3) is 6.08 Å². The van der Waals surface area contributed by atoms with Crippen LogP contribution in [0.2, 0.25) is 0 Å². The second-order valence-corrected chi connectivity index (χ2v) is 5.79. The van der Waals surface area contributed by atoms with Gasteiger partial charge in [-0.05, 0) is 55.5 Å². The smallest absolute Gasteiger partial charge is 0.159 e. The summed E-state index contributed by atoms with van der Waals surface area (Å²) >= 11 is 0. The van der Waals surface area contributed by atoms with Crippen molar-refractivity contribution in [1.82, 2.24) is 4.90 Å². The summed E-state index contributed by atoms with van der Waals surface area (Å²) in [6.07, 6.45) is 6.44. The standard InChI is InChI=1S/C17H21NO/c19-17-12-15(13-18-8-4-5-9-18)11-16(17)10-14-6-2-1-3-7-14/h1-3,6-7,10,15H,4-5,8-9,11-13H2/b16-10-. The number of likely N-dealkylation sites (tertiary alicyclic amines) is 1. The molecule has 0 aromatic heterocycles. The third-order valence-corrected chi connectivity index (χ3v) is 4.20. The Bertz CT molecular complexity index is 471. The first kappa shape index (κ1) is 12.6. The minimum Gasteiger partial charge on any atom is -0.303 e. The van der Waals surface area contributed by atoms with E-state index >= 15 is 0 Å². The van der Waals surface area contributed by atoms with Gasteiger partial charge in [0.2, 0.25) is 0 Å². The molecule has 1 saturated heterocycles. The minimum absolute atomic E-state index is 0.355. The number of hydrogen-bond acceptors (Lipinski definition) is 2. The molecular formula is C17H21NO. The van der Waals surface area contributed by atoms with Crippen LogP contribution in [-0.4, -0.2) is 30.3 Å². The highest BCUT2D eigenvalue weighted by molar-refractivity contribution is 6.01. The average Bonchev–Trinajstić information content (AvgIpc) is 3.02. The predicted octanol–water partition coefficient (Wildman–Crippen LogP) is 3.14. The summed E-state index contributed by atoms with van der Waals surface area (Å²) in [5, 5.41) is 0. The van der Waals surface area contributed by atoms with Gasteiger partial charge in [0.1, 0.15) is 0 Å². The molecular weight excluding hydrogens is 234 g/mol. The molecule has 1 aliphatic carbocycles. The first-order valence-electron chi connectivity index (χ1n) is 7.32. The molecule has 1 aromatic rings. The average molecular weight is 255 g/mol. The number of rotatable bonds is 3. The van der Waals surface area contributed by atoms with Gasteiger partial charge in [0.15, 0.2) is 5.78 Å². The first-order valence-corrected chi connectivity index (χ1v) is 7.32. The summed E-state index contributed by atoms with van der Waals surface area (Å²) in [4.78, 5) is 14.6. The lowest BCUT2D eigenvalue weighted by molar-refractivity contribution is -0.114. The molecule has 0 radical (unpaired) electrons. The van der Waals surface area contributed by atoms with Crippen LogP contribution in [0.5, 0.6) is 0 Å². The van der Waals surface area contributed by atoms with Gasteiger partial charge in [0, 0.05) is 13.0 Å². The predicted molar refractivity (Wildman–Crippen MR) is 77.8 cm³/mol. The molecule has 1 aromatic carbocycles. The topological polar surface area (TPSA) is 20.3 Å². The van der Waals surface area contributed by atoms with Crippen LogP contribution < -0.4 is 0 Å². The molecule has 0 spiro atoms. The van der Waals surface area contributed by atoms with Crippen LogP contribution in [0.4, 0.5) is 0 Å². The van der Waals surface area contributed by atoms with E-state index in [2.05, 4.69) is 23.1 Å². The molecule has 1 saturated carbocycles. The Morgan fingerprint density at radius 1 is 1.11 bits per heavy atom. The lowest BCUT2D eigenvalue weighted by Crippen LogP contribution is -2.25. The zero-order valence-electron chi connectivity index (χ0n) is 11.3. The Morgan fingerprint density at radius 2 is 1.84 bits per heavy atom. The van der Waals surface area contributed by atoms with Crippen molar-refractivity contribution in [3.05, 3.63) is 41.5 Å². The van der Waals surface area contributed by atoms with Crippen molar-refractivity contribution in [1.29, 1.82) is 0 Å². The third kappa shape index (κ3) is 3.13. The monoisotopic (exact) mass is 255 g/mol. The fourth-order valence-corrected chi connectivity index (χ4v) is 3.24. The second kappa shape index (κ2) is 5.70. The van der Waals surface area contributed by atoms with Gasteiger partial charge in [-0.2, -0.15) is 0 Å². The van der Waals surface area contributed by atoms with E-state index in [1.807, 2.05) is 18.2 Å². The number of ketones is 1. The molecule has 2 heteroatoms. The molecule has 1 heterocycles. The summed E-state index contributed by atoms with van der Waals surface area (Å²) in [5.41, 5.74) is 2.17. The van der Waals surface area contributed by atoms with Gasteiger partial charge < -0.3 is 4.90 Å². The number of hydrogen-bond donors (Lipinski definition) is 0. The zero-order valence-corrected chi connectivity index (χ0v) is 11.3. The molecule has 2 nitrogen and oxygen atoms in total. The second-order valence-electron chi connectivity index (χ2n) is 5.79. The molecule has 3 rings (SSSR count). The highest BCUT2D eigenvalue weighted by atomic mass is 16.1. The van der Waals surface area contributed by atoms with E-state index in [4.69, 9.17) is 0 Å². The Morgan fingerprint density at radius 3 is 2.58 bits per heavy atom. The molecule has 0 N–H and O–H groups in total. The van der Waals surface area contributed by atoms with E-state index in [-0.39, 0.29) is 0 Å². The van der Waals surface area contributed by atoms with Crippen LogP contribution in [0.15, 0.2) is 35.9 Å². The largest absolute Gasteiger partial charge is 0.303 e. The van der Waals surface area contributed by atoms with Crippen molar-refractivity contribution in [2.75, 3.05) is 19.6 Å². The summed E-state index contributed by atoms with van der Waals surface area (Å²) < 4.78 is 0. The molecule has 1 aliphatic heterocycles. The number of benzene rings is 1. The van der Waals surface area contributed by atoms with Gasteiger partial charge in [-0.1, -0.05) is 30.3 Å². The number of carbonyl (C=O) groups is 1. The summed E-state index contributed by atoms with van der Waals surface area (Å²) in [7, 11) is 0. The maximum Gasteiger partial charge on any atom is 0.159 e. The van der Waals surface area contributed by atoms with E-state index in [0.717, 1.165) is 30.5 Å². The van der Waals surface area contributed by atoms with Crippen molar-refractivity contribution in [3.8, 4) is 0 Å². The lowest BCUT2D eigenvalue weighted by Gasteiger charge is -2.18. The Labute approximate surface area is 115 Å².